The summed E-state index contributed by atoms with van der Waals surface area (Å²) >= 11 is 1.31. The molecule has 656 valence electrons. The van der Waals surface area contributed by atoms with Gasteiger partial charge in [0.2, 0.25) is 29.5 Å². The number of aliphatic hydroxyl groups is 1. The smallest absolute Gasteiger partial charge is 0.320 e. The molecule has 1 fully saturated rings. The molecule has 0 spiro atoms. The van der Waals surface area contributed by atoms with Crippen LogP contribution >= 0.6 is 29.8 Å². The molecule has 1 aliphatic rings. The lowest BCUT2D eigenvalue weighted by molar-refractivity contribution is -0.152. The number of ether oxygens (including phenoxy) is 8. The highest BCUT2D eigenvalue weighted by Crippen LogP contribution is 2.27. The third-order valence-corrected chi connectivity index (χ3v) is 18.5. The quantitative estimate of drug-likeness (QED) is 0.0140. The number of hydrogen-bond donors (Lipinski definition) is 14. The number of aliphatic carboxylic acids is 9. The van der Waals surface area contributed by atoms with E-state index >= 15 is 0 Å². The maximum absolute atomic E-state index is 14.2. The van der Waals surface area contributed by atoms with E-state index in [1.807, 2.05) is 0 Å². The van der Waals surface area contributed by atoms with Crippen LogP contribution in [0.4, 0.5) is 0 Å². The molecule has 47 heteroatoms. The number of nitrogens with zero attached hydrogens (tertiary/aromatic N) is 4. The van der Waals surface area contributed by atoms with E-state index in [1.54, 1.807) is 7.11 Å². The molecule has 1 rings (SSSR count). The molecule has 7 unspecified atom stereocenters. The first-order chi connectivity index (χ1) is 54.5. The summed E-state index contributed by atoms with van der Waals surface area (Å²) < 4.78 is 66.3. The van der Waals surface area contributed by atoms with Crippen molar-refractivity contribution in [2.24, 2.45) is 0 Å². The summed E-state index contributed by atoms with van der Waals surface area (Å²) in [6.07, 6.45) is 0.153. The molecule has 44 nitrogen and oxygen atoms in total. The Labute approximate surface area is 667 Å². The molecular weight excluding hydrogens is 1590 g/mol. The van der Waals surface area contributed by atoms with E-state index < -0.39 is 184 Å². The highest BCUT2D eigenvalue weighted by atomic mass is 32.2. The summed E-state index contributed by atoms with van der Waals surface area (Å²) in [5.74, 6) is -15.6. The molecular formula is C67H116N8O36P2S. The number of carbonyl (C=O) groups is 14. The van der Waals surface area contributed by atoms with Crippen LogP contribution in [0.15, 0.2) is 0 Å². The molecule has 0 radical (unpaired) electrons. The number of likely N-dealkylation sites (tertiary alicyclic amines) is 1. The zero-order valence-corrected chi connectivity index (χ0v) is 67.0. The molecule has 1 aliphatic heterocycles. The number of imide groups is 1. The second-order valence-electron chi connectivity index (χ2n) is 25.5. The number of thioether (sulfide) groups is 1. The number of carboxylic acid groups (broad SMARTS) is 9. The van der Waals surface area contributed by atoms with Gasteiger partial charge in [0.1, 0.15) is 29.9 Å². The van der Waals surface area contributed by atoms with E-state index in [0.29, 0.717) is 96.5 Å². The minimum atomic E-state index is -1.75. The number of aliphatic hydroxyl groups excluding tert-OH is 1. The molecule has 0 aliphatic carbocycles. The van der Waals surface area contributed by atoms with Gasteiger partial charge in [-0.25, -0.2) is 0 Å². The van der Waals surface area contributed by atoms with Crippen molar-refractivity contribution in [2.75, 3.05) is 204 Å². The van der Waals surface area contributed by atoms with Gasteiger partial charge in [-0.2, -0.15) is 0 Å². The Bertz CT molecular complexity index is 2700. The first kappa shape index (κ1) is 105. The van der Waals surface area contributed by atoms with Crippen molar-refractivity contribution in [3.8, 4) is 0 Å². The molecule has 1 saturated heterocycles. The van der Waals surface area contributed by atoms with Crippen LogP contribution in [0.1, 0.15) is 103 Å². The molecule has 7 atom stereocenters. The fourth-order valence-corrected chi connectivity index (χ4v) is 12.7. The monoisotopic (exact) mass is 1700 g/mol. The van der Waals surface area contributed by atoms with E-state index in [-0.39, 0.29) is 135 Å². The lowest BCUT2D eigenvalue weighted by Gasteiger charge is -2.34. The van der Waals surface area contributed by atoms with E-state index in [9.17, 15) is 118 Å². The van der Waals surface area contributed by atoms with Crippen LogP contribution in [-0.4, -0.2) is 393 Å². The van der Waals surface area contributed by atoms with Crippen LogP contribution in [0.5, 0.6) is 0 Å². The summed E-state index contributed by atoms with van der Waals surface area (Å²) in [5.41, 5.74) is -1.75. The molecule has 0 saturated carbocycles. The second kappa shape index (κ2) is 66.3. The van der Waals surface area contributed by atoms with E-state index in [4.69, 9.17) is 56.0 Å². The maximum Gasteiger partial charge on any atom is 0.320 e. The summed E-state index contributed by atoms with van der Waals surface area (Å²) in [4.78, 5) is 175. The Morgan fingerprint density at radius 1 is 0.439 bits per heavy atom. The van der Waals surface area contributed by atoms with E-state index in [2.05, 4.69) is 21.3 Å². The van der Waals surface area contributed by atoms with Crippen molar-refractivity contribution in [3.05, 3.63) is 0 Å². The van der Waals surface area contributed by atoms with Gasteiger partial charge in [0, 0.05) is 58.8 Å². The molecule has 0 aromatic rings. The lowest BCUT2D eigenvalue weighted by Crippen LogP contribution is -2.59. The first-order valence-corrected chi connectivity index (χ1v) is 39.6. The standard InChI is InChI=1S/C67H116N8O36P2S/c1-100-112-110-35-33-104-31-29-102-27-25-101-26-28-103-30-32-105-34-36-111-113-109-21-8-2-3-9-37-114-51-38-56(80)75(63(51)93)20-13-55(79)71-67(47-108-24-16-54(78)70-19-12-50(66(98)99)74(43-61(89)90)44-62(91)92,45-106-22-14-52(76)68-17-6-4-10-48(64(94)95)72(39-57(81)82)40-58(83)84)46-107-23-15-53(77)69-18-7-5-11-49(65(96)97)73(41-59(85)86)42-60(87)88/h48-51,54,70,78,112-113H,2-47H2,1H3,(H,68,76)(H,69,77)(H,71,79)(H,81,82)(H,83,84)(H,85,86)(H,87,88)(H,89,90)(H,91,92)(H,94,95)(H,96,97)(H,98,99). The largest absolute Gasteiger partial charge is 0.480 e. The molecule has 14 N–H and O–H groups in total. The number of amides is 5. The first-order valence-electron chi connectivity index (χ1n) is 36.9. The van der Waals surface area contributed by atoms with Crippen molar-refractivity contribution >= 4 is 113 Å². The van der Waals surface area contributed by atoms with Crippen LogP contribution < -0.4 is 21.3 Å². The number of carboxylic acids is 9. The lowest BCUT2D eigenvalue weighted by atomic mass is 10.0. The Morgan fingerprint density at radius 2 is 0.825 bits per heavy atom. The number of nitrogens with one attached hydrogen (secondary N) is 4. The summed E-state index contributed by atoms with van der Waals surface area (Å²) in [6.45, 7) is -2.96. The van der Waals surface area contributed by atoms with Crippen LogP contribution in [0, 0.1) is 0 Å². The molecule has 0 aromatic carbocycles. The van der Waals surface area contributed by atoms with E-state index in [0.717, 1.165) is 40.4 Å². The van der Waals surface area contributed by atoms with Gasteiger partial charge in [-0.3, -0.25) is 92.0 Å². The normalized spacial score (nSPS) is 14.7. The van der Waals surface area contributed by atoms with Crippen LogP contribution in [0.2, 0.25) is 0 Å². The van der Waals surface area contributed by atoms with Crippen molar-refractivity contribution in [1.82, 2.24) is 40.9 Å². The fraction of sp³-hybridized carbons (Fsp3) is 0.791. The zero-order chi connectivity index (χ0) is 84.7. The van der Waals surface area contributed by atoms with Crippen LogP contribution in [-0.2, 0) is 123 Å². The fourth-order valence-electron chi connectivity index (χ4n) is 10.7. The summed E-state index contributed by atoms with van der Waals surface area (Å²) in [7, 11) is 1.39. The van der Waals surface area contributed by atoms with Gasteiger partial charge in [-0.1, -0.05) is 12.8 Å². The van der Waals surface area contributed by atoms with Crippen molar-refractivity contribution in [1.29, 1.82) is 0 Å². The average Bonchev–Trinajstić information content (AvgIpc) is 1.64. The number of hydrogen-bond acceptors (Lipinski definition) is 32. The Balaban J connectivity index is 3.07. The number of unbranched alkanes of at least 4 members (excludes halogenated alkanes) is 5. The number of carbonyl (C=O) groups excluding carboxylic acids is 5. The van der Waals surface area contributed by atoms with Crippen molar-refractivity contribution in [3.63, 3.8) is 0 Å². The van der Waals surface area contributed by atoms with Gasteiger partial charge >= 0.3 is 53.7 Å². The Morgan fingerprint density at radius 3 is 1.24 bits per heavy atom. The predicted molar refractivity (Wildman–Crippen MR) is 401 cm³/mol. The molecule has 0 aromatic heterocycles. The highest BCUT2D eigenvalue weighted by Gasteiger charge is 2.40. The van der Waals surface area contributed by atoms with Crippen LogP contribution in [0.25, 0.3) is 0 Å². The predicted octanol–water partition coefficient (Wildman–Crippen LogP) is -1.69. The Kier molecular flexibility index (Phi) is 61.3. The van der Waals surface area contributed by atoms with Gasteiger partial charge in [0.15, 0.2) is 18.1 Å². The third kappa shape index (κ3) is 55.0. The maximum atomic E-state index is 14.2. The molecule has 1 heterocycles. The van der Waals surface area contributed by atoms with Crippen LogP contribution in [0.3, 0.4) is 0 Å². The van der Waals surface area contributed by atoms with Gasteiger partial charge < -0.3 is 123 Å². The van der Waals surface area contributed by atoms with Gasteiger partial charge in [0.05, 0.1) is 170 Å². The van der Waals surface area contributed by atoms with Gasteiger partial charge in [-0.15, -0.1) is 11.8 Å². The van der Waals surface area contributed by atoms with E-state index in [1.165, 1.54) is 11.8 Å². The number of rotatable bonds is 81. The highest BCUT2D eigenvalue weighted by molar-refractivity contribution is 8.00. The van der Waals surface area contributed by atoms with Crippen molar-refractivity contribution in [2.45, 2.75) is 138 Å². The topological polar surface area (TPSA) is 613 Å². The molecule has 0 bridgehead atoms. The second-order valence-corrected chi connectivity index (χ2v) is 28.4. The minimum absolute atomic E-state index is 0.000125. The molecule has 5 amide bonds. The average molecular weight is 1700 g/mol. The third-order valence-electron chi connectivity index (χ3n) is 16.1. The summed E-state index contributed by atoms with van der Waals surface area (Å²) in [6, 6.07) is -4.54. The molecule has 114 heavy (non-hydrogen) atoms. The zero-order valence-electron chi connectivity index (χ0n) is 64.2. The summed E-state index contributed by atoms with van der Waals surface area (Å²) in [5, 5.41) is 106. The van der Waals surface area contributed by atoms with Gasteiger partial charge in [0.25, 0.3) is 0 Å². The minimum Gasteiger partial charge on any atom is -0.480 e. The van der Waals surface area contributed by atoms with Gasteiger partial charge in [-0.05, 0) is 70.1 Å². The van der Waals surface area contributed by atoms with Crippen molar-refractivity contribution < 1.29 is 174 Å². The Hall–Kier alpha value is -6.69. The SMILES string of the molecule is COPOCCOCCOCCOCCOCCOCCOPOCCCCCCSC1CC(=O)N(CCC(=O)NC(COCCC(=O)NCCCCC(C(=O)O)N(CC(=O)O)CC(=O)O)(COCCC(=O)NCCCCC(C(=O)O)N(CC(=O)O)CC(=O)O)COCCC(O)NCCC(C(=O)O)N(CC(=O)O)CC(=O)O)C1=O.